The molecule has 0 amide bonds. The van der Waals surface area contributed by atoms with E-state index in [0.717, 1.165) is 19.5 Å². The molecular formula is C17H25N3. The lowest BCUT2D eigenvalue weighted by Gasteiger charge is -2.20. The molecule has 0 bridgehead atoms. The molecule has 3 heteroatoms. The first-order valence-electron chi connectivity index (χ1n) is 7.48. The van der Waals surface area contributed by atoms with E-state index in [4.69, 9.17) is 0 Å². The van der Waals surface area contributed by atoms with Gasteiger partial charge in [0.05, 0.1) is 18.1 Å². The second kappa shape index (κ2) is 7.25. The third-order valence-electron chi connectivity index (χ3n) is 3.51. The van der Waals surface area contributed by atoms with Crippen LogP contribution in [0, 0.1) is 5.92 Å². The fourth-order valence-corrected chi connectivity index (χ4v) is 2.51. The van der Waals surface area contributed by atoms with Crippen molar-refractivity contribution < 1.29 is 0 Å². The number of hydrogen-bond acceptors (Lipinski definition) is 2. The van der Waals surface area contributed by atoms with Gasteiger partial charge >= 0.3 is 0 Å². The van der Waals surface area contributed by atoms with Gasteiger partial charge in [0, 0.05) is 12.7 Å². The van der Waals surface area contributed by atoms with Crippen molar-refractivity contribution in [1.82, 2.24) is 14.9 Å². The standard InChI is InChI=1S/C17H25N3/c1-4-17(15-8-6-5-7-9-15)20-13-19-12-16(20)11-18-10-14(2)3/h5-9,12-14,17-18H,4,10-11H2,1-3H3. The van der Waals surface area contributed by atoms with Gasteiger partial charge in [0.2, 0.25) is 0 Å². The Balaban J connectivity index is 2.13. The van der Waals surface area contributed by atoms with Crippen LogP contribution in [0.3, 0.4) is 0 Å². The molecule has 0 spiro atoms. The molecule has 1 unspecified atom stereocenters. The minimum absolute atomic E-state index is 0.370. The molecule has 108 valence electrons. The first-order valence-corrected chi connectivity index (χ1v) is 7.48. The lowest BCUT2D eigenvalue weighted by molar-refractivity contribution is 0.506. The molecule has 1 atom stereocenters. The van der Waals surface area contributed by atoms with Crippen LogP contribution in [0.4, 0.5) is 0 Å². The van der Waals surface area contributed by atoms with Crippen molar-refractivity contribution in [2.75, 3.05) is 6.54 Å². The number of nitrogens with zero attached hydrogens (tertiary/aromatic N) is 2. The fourth-order valence-electron chi connectivity index (χ4n) is 2.51. The van der Waals surface area contributed by atoms with Crippen LogP contribution in [-0.2, 0) is 6.54 Å². The van der Waals surface area contributed by atoms with Crippen LogP contribution < -0.4 is 5.32 Å². The summed E-state index contributed by atoms with van der Waals surface area (Å²) in [6, 6.07) is 11.0. The average molecular weight is 271 g/mol. The van der Waals surface area contributed by atoms with E-state index in [1.165, 1.54) is 11.3 Å². The molecule has 0 aliphatic heterocycles. The van der Waals surface area contributed by atoms with Crippen molar-refractivity contribution in [3.8, 4) is 0 Å². The van der Waals surface area contributed by atoms with E-state index in [2.05, 4.69) is 66.0 Å². The summed E-state index contributed by atoms with van der Waals surface area (Å²) in [5.41, 5.74) is 2.60. The lowest BCUT2D eigenvalue weighted by atomic mass is 10.0. The molecule has 0 saturated heterocycles. The first kappa shape index (κ1) is 14.8. The number of aromatic nitrogens is 2. The molecule has 3 nitrogen and oxygen atoms in total. The Bertz CT molecular complexity index is 502. The van der Waals surface area contributed by atoms with Crippen molar-refractivity contribution in [3.05, 3.63) is 54.1 Å². The van der Waals surface area contributed by atoms with Crippen LogP contribution in [0.1, 0.15) is 44.5 Å². The maximum Gasteiger partial charge on any atom is 0.0954 e. The molecule has 1 aromatic heterocycles. The minimum Gasteiger partial charge on any atom is -0.326 e. The second-order valence-electron chi connectivity index (χ2n) is 5.65. The summed E-state index contributed by atoms with van der Waals surface area (Å²) in [5.74, 6) is 0.669. The summed E-state index contributed by atoms with van der Waals surface area (Å²) >= 11 is 0. The maximum absolute atomic E-state index is 4.34. The van der Waals surface area contributed by atoms with E-state index >= 15 is 0 Å². The van der Waals surface area contributed by atoms with Crippen molar-refractivity contribution in [2.24, 2.45) is 5.92 Å². The monoisotopic (exact) mass is 271 g/mol. The molecule has 0 radical (unpaired) electrons. The van der Waals surface area contributed by atoms with Gasteiger partial charge in [-0.3, -0.25) is 0 Å². The lowest BCUT2D eigenvalue weighted by Crippen LogP contribution is -2.22. The van der Waals surface area contributed by atoms with Gasteiger partial charge in [-0.05, 0) is 24.4 Å². The number of rotatable bonds is 7. The van der Waals surface area contributed by atoms with Gasteiger partial charge in [-0.25, -0.2) is 4.98 Å². The highest BCUT2D eigenvalue weighted by Gasteiger charge is 2.14. The zero-order chi connectivity index (χ0) is 14.4. The van der Waals surface area contributed by atoms with Crippen LogP contribution in [0.15, 0.2) is 42.9 Å². The minimum atomic E-state index is 0.370. The highest BCUT2D eigenvalue weighted by atomic mass is 15.1. The predicted molar refractivity (Wildman–Crippen MR) is 83.6 cm³/mol. The smallest absolute Gasteiger partial charge is 0.0954 e. The fraction of sp³-hybridized carbons (Fsp3) is 0.471. The summed E-state index contributed by atoms with van der Waals surface area (Å²) in [7, 11) is 0. The third kappa shape index (κ3) is 3.70. The van der Waals surface area contributed by atoms with E-state index < -0.39 is 0 Å². The van der Waals surface area contributed by atoms with Gasteiger partial charge in [-0.15, -0.1) is 0 Å². The molecule has 1 aromatic carbocycles. The zero-order valence-corrected chi connectivity index (χ0v) is 12.7. The third-order valence-corrected chi connectivity index (χ3v) is 3.51. The Labute approximate surface area is 122 Å². The first-order chi connectivity index (χ1) is 9.72. The van der Waals surface area contributed by atoms with Gasteiger partial charge < -0.3 is 9.88 Å². The summed E-state index contributed by atoms with van der Waals surface area (Å²) in [6.07, 6.45) is 4.99. The largest absolute Gasteiger partial charge is 0.326 e. The number of benzene rings is 1. The number of hydrogen-bond donors (Lipinski definition) is 1. The second-order valence-corrected chi connectivity index (χ2v) is 5.65. The van der Waals surface area contributed by atoms with E-state index in [9.17, 15) is 0 Å². The van der Waals surface area contributed by atoms with Crippen LogP contribution in [0.25, 0.3) is 0 Å². The highest BCUT2D eigenvalue weighted by Crippen LogP contribution is 2.23. The molecule has 1 heterocycles. The zero-order valence-electron chi connectivity index (χ0n) is 12.7. The maximum atomic E-state index is 4.34. The molecule has 0 fully saturated rings. The Morgan fingerprint density at radius 3 is 2.60 bits per heavy atom. The van der Waals surface area contributed by atoms with Crippen molar-refractivity contribution >= 4 is 0 Å². The highest BCUT2D eigenvalue weighted by molar-refractivity contribution is 5.21. The van der Waals surface area contributed by atoms with Crippen molar-refractivity contribution in [1.29, 1.82) is 0 Å². The molecule has 1 N–H and O–H groups in total. The molecule has 20 heavy (non-hydrogen) atoms. The van der Waals surface area contributed by atoms with E-state index in [1.54, 1.807) is 0 Å². The van der Waals surface area contributed by atoms with Gasteiger partial charge in [0.25, 0.3) is 0 Å². The Kier molecular flexibility index (Phi) is 5.36. The molecule has 0 saturated carbocycles. The van der Waals surface area contributed by atoms with Crippen molar-refractivity contribution in [2.45, 2.75) is 39.8 Å². The topological polar surface area (TPSA) is 29.9 Å². The van der Waals surface area contributed by atoms with Crippen molar-refractivity contribution in [3.63, 3.8) is 0 Å². The van der Waals surface area contributed by atoms with Gasteiger partial charge in [0.1, 0.15) is 0 Å². The Morgan fingerprint density at radius 2 is 1.95 bits per heavy atom. The Hall–Kier alpha value is -1.61. The summed E-state index contributed by atoms with van der Waals surface area (Å²) in [4.78, 5) is 4.34. The molecular weight excluding hydrogens is 246 g/mol. The quantitative estimate of drug-likeness (QED) is 0.833. The Morgan fingerprint density at radius 1 is 1.20 bits per heavy atom. The number of imidazole rings is 1. The van der Waals surface area contributed by atoms with Gasteiger partial charge in [0.15, 0.2) is 0 Å². The van der Waals surface area contributed by atoms with Crippen LogP contribution in [0.5, 0.6) is 0 Å². The molecule has 2 rings (SSSR count). The SMILES string of the molecule is CCC(c1ccccc1)n1cncc1CNCC(C)C. The summed E-state index contributed by atoms with van der Waals surface area (Å²) in [5, 5.41) is 3.50. The molecule has 2 aromatic rings. The van der Waals surface area contributed by atoms with E-state index in [-0.39, 0.29) is 0 Å². The number of nitrogens with one attached hydrogen (secondary N) is 1. The van der Waals surface area contributed by atoms with Gasteiger partial charge in [-0.2, -0.15) is 0 Å². The van der Waals surface area contributed by atoms with E-state index in [1.807, 2.05) is 12.5 Å². The summed E-state index contributed by atoms with van der Waals surface area (Å²) < 4.78 is 2.29. The molecule has 0 aliphatic carbocycles. The molecule has 0 aliphatic rings. The van der Waals surface area contributed by atoms with Crippen LogP contribution >= 0.6 is 0 Å². The van der Waals surface area contributed by atoms with Gasteiger partial charge in [-0.1, -0.05) is 51.1 Å². The predicted octanol–water partition coefficient (Wildman–Crippen LogP) is 3.63. The average Bonchev–Trinajstić information content (AvgIpc) is 2.89. The normalized spacial score (nSPS) is 12.8. The van der Waals surface area contributed by atoms with Crippen LogP contribution in [-0.4, -0.2) is 16.1 Å². The van der Waals surface area contributed by atoms with Crippen LogP contribution in [0.2, 0.25) is 0 Å². The van der Waals surface area contributed by atoms with E-state index in [0.29, 0.717) is 12.0 Å². The summed E-state index contributed by atoms with van der Waals surface area (Å²) in [6.45, 7) is 8.59.